The fraction of sp³-hybridized carbons (Fsp3) is 0.368. The number of hydrogen-bond acceptors (Lipinski definition) is 3. The average molecular weight is 297 g/mol. The molecule has 2 atom stereocenters. The number of benzene rings is 2. The van der Waals surface area contributed by atoms with Crippen molar-refractivity contribution in [3.05, 3.63) is 65.2 Å². The number of aliphatic hydroxyl groups excluding tert-OH is 1. The third-order valence-corrected chi connectivity index (χ3v) is 4.05. The van der Waals surface area contributed by atoms with Crippen LogP contribution in [0.2, 0.25) is 0 Å². The molecule has 3 heteroatoms. The first-order chi connectivity index (χ1) is 10.6. The van der Waals surface area contributed by atoms with E-state index in [9.17, 15) is 5.11 Å². The van der Waals surface area contributed by atoms with Crippen LogP contribution in [0.3, 0.4) is 0 Å². The van der Waals surface area contributed by atoms with Gasteiger partial charge in [-0.15, -0.1) is 0 Å². The second-order valence-electron chi connectivity index (χ2n) is 6.10. The molecular weight excluding hydrogens is 274 g/mol. The molecule has 0 radical (unpaired) electrons. The number of rotatable bonds is 5. The molecule has 3 rings (SSSR count). The molecule has 0 spiro atoms. The molecule has 0 fully saturated rings. The number of aliphatic hydroxyl groups is 1. The molecule has 2 aromatic carbocycles. The van der Waals surface area contributed by atoms with Gasteiger partial charge in [-0.1, -0.05) is 42.5 Å². The van der Waals surface area contributed by atoms with Gasteiger partial charge in [-0.2, -0.15) is 0 Å². The van der Waals surface area contributed by atoms with Gasteiger partial charge in [0.15, 0.2) is 0 Å². The molecule has 0 aliphatic heterocycles. The Balaban J connectivity index is 1.73. The number of fused-ring (bicyclic) bond motifs is 1. The first kappa shape index (κ1) is 15.1. The maximum Gasteiger partial charge on any atom is 0.124 e. The van der Waals surface area contributed by atoms with E-state index in [2.05, 4.69) is 23.5 Å². The summed E-state index contributed by atoms with van der Waals surface area (Å²) in [4.78, 5) is 0. The van der Waals surface area contributed by atoms with Crippen LogP contribution >= 0.6 is 0 Å². The van der Waals surface area contributed by atoms with Crippen molar-refractivity contribution in [1.29, 1.82) is 0 Å². The minimum Gasteiger partial charge on any atom is -0.491 e. The van der Waals surface area contributed by atoms with Gasteiger partial charge in [0.05, 0.1) is 18.2 Å². The standard InChI is InChI=1S/C19H23NO2/c1-13(2)22-18-10-6-4-8-15(18)12-20-19-16-9-5-3-7-14(16)11-17(19)21/h3-10,13,17,19-21H,11-12H2,1-2H3/t17-,19+/m0/s1. The van der Waals surface area contributed by atoms with E-state index in [4.69, 9.17) is 4.74 Å². The summed E-state index contributed by atoms with van der Waals surface area (Å²) < 4.78 is 5.85. The fourth-order valence-corrected chi connectivity index (χ4v) is 3.06. The molecule has 0 amide bonds. The minimum absolute atomic E-state index is 0.0108. The average Bonchev–Trinajstić information content (AvgIpc) is 2.81. The molecule has 3 nitrogen and oxygen atoms in total. The summed E-state index contributed by atoms with van der Waals surface area (Å²) in [6.07, 6.45) is 0.507. The molecule has 2 aromatic rings. The minimum atomic E-state index is -0.365. The zero-order valence-corrected chi connectivity index (χ0v) is 13.1. The highest BCUT2D eigenvalue weighted by molar-refractivity contribution is 5.37. The van der Waals surface area contributed by atoms with E-state index < -0.39 is 0 Å². The lowest BCUT2D eigenvalue weighted by Crippen LogP contribution is -2.28. The Kier molecular flexibility index (Phi) is 4.46. The van der Waals surface area contributed by atoms with Gasteiger partial charge in [0.1, 0.15) is 5.75 Å². The Morgan fingerprint density at radius 1 is 1.14 bits per heavy atom. The van der Waals surface area contributed by atoms with Crippen molar-refractivity contribution in [1.82, 2.24) is 5.32 Å². The van der Waals surface area contributed by atoms with Crippen molar-refractivity contribution in [3.8, 4) is 5.75 Å². The van der Waals surface area contributed by atoms with Crippen LogP contribution in [-0.2, 0) is 13.0 Å². The molecule has 116 valence electrons. The summed E-state index contributed by atoms with van der Waals surface area (Å²) in [7, 11) is 0. The number of ether oxygens (including phenoxy) is 1. The van der Waals surface area contributed by atoms with Crippen LogP contribution in [0.15, 0.2) is 48.5 Å². The Bertz CT molecular complexity index is 639. The van der Waals surface area contributed by atoms with Crippen molar-refractivity contribution in [3.63, 3.8) is 0 Å². The first-order valence-corrected chi connectivity index (χ1v) is 7.89. The predicted octanol–water partition coefficient (Wildman–Crippen LogP) is 3.22. The Hall–Kier alpha value is -1.84. The van der Waals surface area contributed by atoms with E-state index in [1.807, 2.05) is 44.2 Å². The second kappa shape index (κ2) is 6.51. The van der Waals surface area contributed by atoms with Gasteiger partial charge in [-0.05, 0) is 31.0 Å². The lowest BCUT2D eigenvalue weighted by molar-refractivity contribution is 0.140. The van der Waals surface area contributed by atoms with Crippen LogP contribution in [0.4, 0.5) is 0 Å². The van der Waals surface area contributed by atoms with E-state index in [1.54, 1.807) is 0 Å². The largest absolute Gasteiger partial charge is 0.491 e. The lowest BCUT2D eigenvalue weighted by Gasteiger charge is -2.20. The summed E-state index contributed by atoms with van der Waals surface area (Å²) >= 11 is 0. The molecule has 1 aliphatic carbocycles. The normalized spacial score (nSPS) is 20.2. The zero-order chi connectivity index (χ0) is 15.5. The zero-order valence-electron chi connectivity index (χ0n) is 13.1. The highest BCUT2D eigenvalue weighted by Crippen LogP contribution is 2.32. The van der Waals surface area contributed by atoms with Gasteiger partial charge in [0, 0.05) is 18.5 Å². The van der Waals surface area contributed by atoms with Gasteiger partial charge in [-0.25, -0.2) is 0 Å². The van der Waals surface area contributed by atoms with Crippen molar-refractivity contribution in [2.45, 2.75) is 45.1 Å². The van der Waals surface area contributed by atoms with Crippen molar-refractivity contribution in [2.24, 2.45) is 0 Å². The van der Waals surface area contributed by atoms with E-state index in [0.29, 0.717) is 6.54 Å². The highest BCUT2D eigenvalue weighted by Gasteiger charge is 2.30. The van der Waals surface area contributed by atoms with Gasteiger partial charge >= 0.3 is 0 Å². The molecule has 1 aliphatic rings. The van der Waals surface area contributed by atoms with Crippen LogP contribution in [0.1, 0.15) is 36.6 Å². The van der Waals surface area contributed by atoms with Gasteiger partial charge in [0.25, 0.3) is 0 Å². The smallest absolute Gasteiger partial charge is 0.124 e. The monoisotopic (exact) mass is 297 g/mol. The Morgan fingerprint density at radius 3 is 2.68 bits per heavy atom. The van der Waals surface area contributed by atoms with Gasteiger partial charge < -0.3 is 15.2 Å². The second-order valence-corrected chi connectivity index (χ2v) is 6.10. The van der Waals surface area contributed by atoms with Gasteiger partial charge in [0.2, 0.25) is 0 Å². The van der Waals surface area contributed by atoms with Gasteiger partial charge in [-0.3, -0.25) is 0 Å². The topological polar surface area (TPSA) is 41.5 Å². The molecule has 0 saturated carbocycles. The van der Waals surface area contributed by atoms with E-state index >= 15 is 0 Å². The molecule has 22 heavy (non-hydrogen) atoms. The fourth-order valence-electron chi connectivity index (χ4n) is 3.06. The van der Waals surface area contributed by atoms with Crippen LogP contribution in [-0.4, -0.2) is 17.3 Å². The first-order valence-electron chi connectivity index (χ1n) is 7.89. The van der Waals surface area contributed by atoms with E-state index in [1.165, 1.54) is 11.1 Å². The number of hydrogen-bond donors (Lipinski definition) is 2. The van der Waals surface area contributed by atoms with Crippen molar-refractivity contribution >= 4 is 0 Å². The summed E-state index contributed by atoms with van der Waals surface area (Å²) in [6.45, 7) is 4.74. The summed E-state index contributed by atoms with van der Waals surface area (Å²) in [5, 5.41) is 13.8. The maximum absolute atomic E-state index is 10.3. The predicted molar refractivity (Wildman–Crippen MR) is 87.9 cm³/mol. The summed E-state index contributed by atoms with van der Waals surface area (Å²) in [6, 6.07) is 16.3. The van der Waals surface area contributed by atoms with E-state index in [-0.39, 0.29) is 18.2 Å². The molecule has 0 heterocycles. The SMILES string of the molecule is CC(C)Oc1ccccc1CN[C@@H]1c2ccccc2C[C@@H]1O. The third-order valence-electron chi connectivity index (χ3n) is 4.05. The lowest BCUT2D eigenvalue weighted by atomic mass is 10.1. The maximum atomic E-state index is 10.3. The molecule has 0 bridgehead atoms. The molecule has 0 aromatic heterocycles. The van der Waals surface area contributed by atoms with Crippen LogP contribution < -0.4 is 10.1 Å². The molecular formula is C19H23NO2. The van der Waals surface area contributed by atoms with E-state index in [0.717, 1.165) is 17.7 Å². The van der Waals surface area contributed by atoms with Crippen LogP contribution in [0, 0.1) is 0 Å². The van der Waals surface area contributed by atoms with Crippen LogP contribution in [0.25, 0.3) is 0 Å². The quantitative estimate of drug-likeness (QED) is 0.890. The molecule has 0 unspecified atom stereocenters. The Morgan fingerprint density at radius 2 is 1.86 bits per heavy atom. The summed E-state index contributed by atoms with van der Waals surface area (Å²) in [5.74, 6) is 0.908. The Labute approximate surface area is 131 Å². The molecule has 0 saturated heterocycles. The van der Waals surface area contributed by atoms with Crippen LogP contribution in [0.5, 0.6) is 5.75 Å². The number of nitrogens with one attached hydrogen (secondary N) is 1. The summed E-state index contributed by atoms with van der Waals surface area (Å²) in [5.41, 5.74) is 3.56. The highest BCUT2D eigenvalue weighted by atomic mass is 16.5. The number of para-hydroxylation sites is 1. The van der Waals surface area contributed by atoms with Crippen molar-refractivity contribution in [2.75, 3.05) is 0 Å². The van der Waals surface area contributed by atoms with Crippen molar-refractivity contribution < 1.29 is 9.84 Å². The molecule has 2 N–H and O–H groups in total. The third kappa shape index (κ3) is 3.16.